The summed E-state index contributed by atoms with van der Waals surface area (Å²) in [5.41, 5.74) is 1.58. The number of rotatable bonds is 7. The number of halogens is 3. The minimum atomic E-state index is -4.68. The van der Waals surface area contributed by atoms with Gasteiger partial charge in [-0.25, -0.2) is 4.98 Å². The van der Waals surface area contributed by atoms with Crippen LogP contribution in [0.15, 0.2) is 24.3 Å². The molecule has 132 valence electrons. The van der Waals surface area contributed by atoms with Crippen LogP contribution in [-0.4, -0.2) is 43.4 Å². The van der Waals surface area contributed by atoms with Gasteiger partial charge in [0.1, 0.15) is 5.75 Å². The third-order valence-corrected chi connectivity index (χ3v) is 4.16. The average molecular weight is 359 g/mol. The van der Waals surface area contributed by atoms with Crippen molar-refractivity contribution in [3.8, 4) is 17.0 Å². The van der Waals surface area contributed by atoms with Crippen molar-refractivity contribution >= 4 is 11.3 Å². The second-order valence-corrected chi connectivity index (χ2v) is 6.84. The van der Waals surface area contributed by atoms with Gasteiger partial charge in [-0.2, -0.15) is 0 Å². The van der Waals surface area contributed by atoms with Gasteiger partial charge >= 0.3 is 6.36 Å². The zero-order valence-corrected chi connectivity index (χ0v) is 14.6. The van der Waals surface area contributed by atoms with Gasteiger partial charge in [0, 0.05) is 30.1 Å². The molecule has 8 heteroatoms. The molecule has 0 atom stereocenters. The van der Waals surface area contributed by atoms with Crippen LogP contribution in [0, 0.1) is 6.92 Å². The molecule has 0 aliphatic heterocycles. The summed E-state index contributed by atoms with van der Waals surface area (Å²) in [6, 6.07) is 5.80. The second-order valence-electron chi connectivity index (χ2n) is 5.56. The van der Waals surface area contributed by atoms with E-state index in [0.29, 0.717) is 6.54 Å². The monoisotopic (exact) mass is 359 g/mol. The smallest absolute Gasteiger partial charge is 0.406 e. The highest BCUT2D eigenvalue weighted by molar-refractivity contribution is 7.12. The van der Waals surface area contributed by atoms with Crippen LogP contribution in [-0.2, 0) is 6.54 Å². The van der Waals surface area contributed by atoms with Gasteiger partial charge in [-0.3, -0.25) is 0 Å². The lowest BCUT2D eigenvalue weighted by atomic mass is 10.1. The van der Waals surface area contributed by atoms with Crippen LogP contribution in [0.3, 0.4) is 0 Å². The molecular weight excluding hydrogens is 339 g/mol. The number of thiazole rings is 1. The number of likely N-dealkylation sites (N-methyl/N-ethyl adjacent to an activating group) is 1. The van der Waals surface area contributed by atoms with Crippen molar-refractivity contribution in [3.05, 3.63) is 34.2 Å². The van der Waals surface area contributed by atoms with Crippen LogP contribution in [0.4, 0.5) is 13.2 Å². The van der Waals surface area contributed by atoms with Gasteiger partial charge in [0.25, 0.3) is 0 Å². The van der Waals surface area contributed by atoms with Crippen LogP contribution >= 0.6 is 11.3 Å². The predicted octanol–water partition coefficient (Wildman–Crippen LogP) is 3.67. The lowest BCUT2D eigenvalue weighted by molar-refractivity contribution is -0.274. The number of nitrogens with one attached hydrogen (secondary N) is 1. The van der Waals surface area contributed by atoms with Crippen LogP contribution in [0.2, 0.25) is 0 Å². The normalized spacial score (nSPS) is 12.0. The van der Waals surface area contributed by atoms with E-state index in [2.05, 4.69) is 19.9 Å². The molecule has 0 saturated carbocycles. The molecule has 0 fully saturated rings. The third-order valence-electron chi connectivity index (χ3n) is 3.19. The molecule has 0 unspecified atom stereocenters. The van der Waals surface area contributed by atoms with E-state index >= 15 is 0 Å². The van der Waals surface area contributed by atoms with E-state index < -0.39 is 6.36 Å². The first kappa shape index (κ1) is 18.7. The Morgan fingerprint density at radius 3 is 2.46 bits per heavy atom. The maximum absolute atomic E-state index is 12.2. The zero-order valence-electron chi connectivity index (χ0n) is 13.8. The van der Waals surface area contributed by atoms with E-state index in [4.69, 9.17) is 0 Å². The van der Waals surface area contributed by atoms with Gasteiger partial charge in [-0.15, -0.1) is 24.5 Å². The fraction of sp³-hybridized carbons (Fsp3) is 0.438. The summed E-state index contributed by atoms with van der Waals surface area (Å²) in [6.07, 6.45) is -4.68. The van der Waals surface area contributed by atoms with E-state index in [1.165, 1.54) is 12.1 Å². The summed E-state index contributed by atoms with van der Waals surface area (Å²) in [4.78, 5) is 7.66. The molecule has 0 radical (unpaired) electrons. The lowest BCUT2D eigenvalue weighted by Gasteiger charge is -2.11. The highest BCUT2D eigenvalue weighted by Crippen LogP contribution is 2.30. The van der Waals surface area contributed by atoms with Crippen molar-refractivity contribution in [2.45, 2.75) is 19.8 Å². The molecule has 1 aromatic carbocycles. The van der Waals surface area contributed by atoms with E-state index in [0.717, 1.165) is 34.2 Å². The van der Waals surface area contributed by atoms with Gasteiger partial charge in [-0.1, -0.05) is 0 Å². The Morgan fingerprint density at radius 1 is 1.21 bits per heavy atom. The highest BCUT2D eigenvalue weighted by atomic mass is 32.1. The molecule has 0 saturated heterocycles. The molecule has 2 aromatic rings. The van der Waals surface area contributed by atoms with Gasteiger partial charge in [-0.05, 0) is 45.3 Å². The molecule has 2 rings (SSSR count). The van der Waals surface area contributed by atoms with Crippen molar-refractivity contribution in [1.82, 2.24) is 15.2 Å². The number of alkyl halides is 3. The number of hydrogen-bond acceptors (Lipinski definition) is 5. The second kappa shape index (κ2) is 7.96. The fourth-order valence-electron chi connectivity index (χ4n) is 2.13. The van der Waals surface area contributed by atoms with Crippen molar-refractivity contribution in [2.24, 2.45) is 0 Å². The molecule has 0 aliphatic rings. The first-order valence-corrected chi connectivity index (χ1v) is 8.24. The van der Waals surface area contributed by atoms with E-state index in [9.17, 15) is 13.2 Å². The van der Waals surface area contributed by atoms with Crippen LogP contribution in [0.5, 0.6) is 5.75 Å². The molecule has 0 spiro atoms. The van der Waals surface area contributed by atoms with E-state index in [-0.39, 0.29) is 5.75 Å². The minimum Gasteiger partial charge on any atom is -0.406 e. The highest BCUT2D eigenvalue weighted by Gasteiger charge is 2.31. The number of aryl methyl sites for hydroxylation is 1. The first-order valence-electron chi connectivity index (χ1n) is 7.42. The standard InChI is InChI=1S/C16H20F3N3OS/c1-11-21-15(14(24-11)10-20-8-9-22(2)3)12-4-6-13(7-5-12)23-16(17,18)19/h4-7,20H,8-10H2,1-3H3. The van der Waals surface area contributed by atoms with Crippen molar-refractivity contribution in [3.63, 3.8) is 0 Å². The number of aromatic nitrogens is 1. The Hall–Kier alpha value is -1.64. The number of ether oxygens (including phenoxy) is 1. The minimum absolute atomic E-state index is 0.233. The number of hydrogen-bond donors (Lipinski definition) is 1. The van der Waals surface area contributed by atoms with E-state index in [1.807, 2.05) is 21.0 Å². The maximum atomic E-state index is 12.2. The van der Waals surface area contributed by atoms with Gasteiger partial charge in [0.2, 0.25) is 0 Å². The quantitative estimate of drug-likeness (QED) is 0.766. The van der Waals surface area contributed by atoms with Crippen LogP contribution < -0.4 is 10.1 Å². The zero-order chi connectivity index (χ0) is 17.7. The molecule has 24 heavy (non-hydrogen) atoms. The average Bonchev–Trinajstić information content (AvgIpc) is 2.83. The summed E-state index contributed by atoms with van der Waals surface area (Å²) in [5, 5.41) is 4.28. The molecule has 1 N–H and O–H groups in total. The molecule has 1 heterocycles. The van der Waals surface area contributed by atoms with Crippen molar-refractivity contribution < 1.29 is 17.9 Å². The SMILES string of the molecule is Cc1nc(-c2ccc(OC(F)(F)F)cc2)c(CNCCN(C)C)s1. The molecule has 0 aliphatic carbocycles. The molecule has 0 amide bonds. The topological polar surface area (TPSA) is 37.4 Å². The Balaban J connectivity index is 2.08. The molecule has 4 nitrogen and oxygen atoms in total. The van der Waals surface area contributed by atoms with Crippen molar-refractivity contribution in [1.29, 1.82) is 0 Å². The molecule has 1 aromatic heterocycles. The van der Waals surface area contributed by atoms with Crippen LogP contribution in [0.25, 0.3) is 11.3 Å². The Morgan fingerprint density at radius 2 is 1.88 bits per heavy atom. The lowest BCUT2D eigenvalue weighted by Crippen LogP contribution is -2.26. The Bertz CT molecular complexity index is 654. The summed E-state index contributed by atoms with van der Waals surface area (Å²) >= 11 is 1.58. The summed E-state index contributed by atoms with van der Waals surface area (Å²) in [6.45, 7) is 4.37. The Kier molecular flexibility index (Phi) is 6.20. The maximum Gasteiger partial charge on any atom is 0.573 e. The summed E-state index contributed by atoms with van der Waals surface area (Å²) < 4.78 is 40.5. The molecule has 0 bridgehead atoms. The largest absolute Gasteiger partial charge is 0.573 e. The third kappa shape index (κ3) is 5.77. The number of nitrogens with zero attached hydrogens (tertiary/aromatic N) is 2. The van der Waals surface area contributed by atoms with Gasteiger partial charge in [0.05, 0.1) is 10.7 Å². The van der Waals surface area contributed by atoms with Gasteiger partial charge in [0.15, 0.2) is 0 Å². The van der Waals surface area contributed by atoms with Gasteiger partial charge < -0.3 is 15.0 Å². The summed E-state index contributed by atoms with van der Waals surface area (Å²) in [7, 11) is 4.02. The van der Waals surface area contributed by atoms with E-state index in [1.54, 1.807) is 23.5 Å². The Labute approximate surface area is 143 Å². The summed E-state index contributed by atoms with van der Waals surface area (Å²) in [5.74, 6) is -0.233. The predicted molar refractivity (Wildman–Crippen MR) is 89.2 cm³/mol. The molecular formula is C16H20F3N3OS. The van der Waals surface area contributed by atoms with Crippen LogP contribution in [0.1, 0.15) is 9.88 Å². The van der Waals surface area contributed by atoms with Crippen molar-refractivity contribution in [2.75, 3.05) is 27.2 Å². The first-order chi connectivity index (χ1) is 11.2. The fourth-order valence-corrected chi connectivity index (χ4v) is 3.06. The number of benzene rings is 1.